The van der Waals surface area contributed by atoms with Gasteiger partial charge in [-0.1, -0.05) is 12.1 Å². The molecule has 0 aliphatic rings. The number of benzene rings is 2. The number of halogens is 3. The van der Waals surface area contributed by atoms with Crippen molar-refractivity contribution in [2.45, 2.75) is 24.9 Å². The second-order valence-corrected chi connectivity index (χ2v) is 6.16. The summed E-state index contributed by atoms with van der Waals surface area (Å²) in [5, 5.41) is 20.4. The molecular weight excluding hydrogens is 409 g/mol. The van der Waals surface area contributed by atoms with Crippen molar-refractivity contribution >= 4 is 23.5 Å². The van der Waals surface area contributed by atoms with E-state index in [-0.39, 0.29) is 17.9 Å². The van der Waals surface area contributed by atoms with Gasteiger partial charge in [-0.2, -0.15) is 13.2 Å². The zero-order valence-corrected chi connectivity index (χ0v) is 15.2. The standard InChI is InChI=1S/C19H17F3N2O6/c20-19(21,22)12-6-4-11(5-7-12)16(25)24-13-3-1-2-10(8-13)9-30-15(18(28)29)14(23)17(26)27/h1-8,14-15H,9,23H2,(H,24,25)(H,26,27)(H,28,29). The van der Waals surface area contributed by atoms with Crippen molar-refractivity contribution in [2.75, 3.05) is 5.32 Å². The summed E-state index contributed by atoms with van der Waals surface area (Å²) in [6.45, 7) is -0.304. The largest absolute Gasteiger partial charge is 0.480 e. The molecule has 0 fully saturated rings. The van der Waals surface area contributed by atoms with E-state index in [1.54, 1.807) is 6.07 Å². The molecule has 0 bridgehead atoms. The number of nitrogens with one attached hydrogen (secondary N) is 1. The maximum atomic E-state index is 12.6. The van der Waals surface area contributed by atoms with Crippen LogP contribution < -0.4 is 11.1 Å². The summed E-state index contributed by atoms with van der Waals surface area (Å²) >= 11 is 0. The van der Waals surface area contributed by atoms with E-state index in [1.807, 2.05) is 0 Å². The minimum atomic E-state index is -4.51. The number of carbonyl (C=O) groups is 3. The number of rotatable bonds is 8. The van der Waals surface area contributed by atoms with Crippen LogP contribution in [-0.2, 0) is 27.1 Å². The molecule has 0 saturated carbocycles. The number of carbonyl (C=O) groups excluding carboxylic acids is 1. The van der Waals surface area contributed by atoms with E-state index in [1.165, 1.54) is 18.2 Å². The van der Waals surface area contributed by atoms with Gasteiger partial charge in [0.15, 0.2) is 6.10 Å². The highest BCUT2D eigenvalue weighted by atomic mass is 19.4. The van der Waals surface area contributed by atoms with Crippen molar-refractivity contribution in [3.63, 3.8) is 0 Å². The molecule has 30 heavy (non-hydrogen) atoms. The molecule has 0 spiro atoms. The number of amides is 1. The van der Waals surface area contributed by atoms with Gasteiger partial charge in [-0.15, -0.1) is 0 Å². The first-order valence-corrected chi connectivity index (χ1v) is 8.39. The average Bonchev–Trinajstić information content (AvgIpc) is 2.67. The molecule has 0 radical (unpaired) electrons. The minimum absolute atomic E-state index is 0.00280. The summed E-state index contributed by atoms with van der Waals surface area (Å²) in [6.07, 6.45) is -6.30. The van der Waals surface area contributed by atoms with Gasteiger partial charge in [0.25, 0.3) is 5.91 Å². The lowest BCUT2D eigenvalue weighted by Crippen LogP contribution is -2.47. The van der Waals surface area contributed by atoms with E-state index in [2.05, 4.69) is 5.32 Å². The van der Waals surface area contributed by atoms with E-state index in [9.17, 15) is 27.6 Å². The third-order valence-electron chi connectivity index (χ3n) is 3.94. The summed E-state index contributed by atoms with van der Waals surface area (Å²) in [4.78, 5) is 34.2. The molecule has 8 nitrogen and oxygen atoms in total. The molecule has 11 heteroatoms. The topological polar surface area (TPSA) is 139 Å². The quantitative estimate of drug-likeness (QED) is 0.508. The molecule has 5 N–H and O–H groups in total. The number of alkyl halides is 3. The Morgan fingerprint density at radius 3 is 2.20 bits per heavy atom. The lowest BCUT2D eigenvalue weighted by Gasteiger charge is -2.17. The molecule has 2 atom stereocenters. The minimum Gasteiger partial charge on any atom is -0.480 e. The van der Waals surface area contributed by atoms with Gasteiger partial charge < -0.3 is 26.0 Å². The van der Waals surface area contributed by atoms with Crippen LogP contribution in [0.3, 0.4) is 0 Å². The van der Waals surface area contributed by atoms with Gasteiger partial charge in [0.2, 0.25) is 0 Å². The molecular formula is C19H17F3N2O6. The Morgan fingerprint density at radius 2 is 1.67 bits per heavy atom. The number of carboxylic acid groups (broad SMARTS) is 2. The van der Waals surface area contributed by atoms with Gasteiger partial charge in [0, 0.05) is 11.3 Å². The summed E-state index contributed by atoms with van der Waals surface area (Å²) in [6, 6.07) is 7.88. The van der Waals surface area contributed by atoms with Gasteiger partial charge >= 0.3 is 18.1 Å². The molecule has 1 amide bonds. The van der Waals surface area contributed by atoms with Gasteiger partial charge in [-0.05, 0) is 42.0 Å². The fraction of sp³-hybridized carbons (Fsp3) is 0.211. The van der Waals surface area contributed by atoms with Crippen LogP contribution >= 0.6 is 0 Å². The SMILES string of the molecule is NC(C(=O)O)C(OCc1cccc(NC(=O)c2ccc(C(F)(F)F)cc2)c1)C(=O)O. The van der Waals surface area contributed by atoms with Crippen molar-refractivity contribution in [1.82, 2.24) is 0 Å². The second-order valence-electron chi connectivity index (χ2n) is 6.16. The van der Waals surface area contributed by atoms with Crippen LogP contribution in [0.4, 0.5) is 18.9 Å². The Labute approximate surface area is 168 Å². The van der Waals surface area contributed by atoms with Crippen molar-refractivity contribution < 1.29 is 42.5 Å². The van der Waals surface area contributed by atoms with Gasteiger partial charge in [0.05, 0.1) is 12.2 Å². The van der Waals surface area contributed by atoms with Gasteiger partial charge in [-0.3, -0.25) is 9.59 Å². The summed E-state index contributed by atoms with van der Waals surface area (Å²) in [7, 11) is 0. The first kappa shape index (κ1) is 22.8. The highest BCUT2D eigenvalue weighted by Gasteiger charge is 2.32. The number of anilines is 1. The molecule has 0 aromatic heterocycles. The molecule has 2 aromatic carbocycles. The van der Waals surface area contributed by atoms with Crippen LogP contribution in [0.1, 0.15) is 21.5 Å². The molecule has 2 rings (SSSR count). The first-order chi connectivity index (χ1) is 14.0. The predicted octanol–water partition coefficient (Wildman–Crippen LogP) is 2.34. The lowest BCUT2D eigenvalue weighted by molar-refractivity contribution is -0.159. The summed E-state index contributed by atoms with van der Waals surface area (Å²) in [5.74, 6) is -3.74. The average molecular weight is 426 g/mol. The van der Waals surface area contributed by atoms with E-state index >= 15 is 0 Å². The Balaban J connectivity index is 2.05. The fourth-order valence-electron chi connectivity index (χ4n) is 2.40. The van der Waals surface area contributed by atoms with Crippen LogP contribution in [0, 0.1) is 0 Å². The summed E-state index contributed by atoms with van der Waals surface area (Å²) in [5.41, 5.74) is 5.09. The molecule has 0 saturated heterocycles. The van der Waals surface area contributed by atoms with Crippen molar-refractivity contribution in [1.29, 1.82) is 0 Å². The Kier molecular flexibility index (Phi) is 7.14. The molecule has 2 unspecified atom stereocenters. The molecule has 2 aromatic rings. The number of ether oxygens (including phenoxy) is 1. The third kappa shape index (κ3) is 6.03. The zero-order chi connectivity index (χ0) is 22.5. The monoisotopic (exact) mass is 426 g/mol. The Hall–Kier alpha value is -3.44. The number of hydrogen-bond acceptors (Lipinski definition) is 5. The van der Waals surface area contributed by atoms with Crippen LogP contribution in [0.5, 0.6) is 0 Å². The molecule has 0 aliphatic heterocycles. The number of hydrogen-bond donors (Lipinski definition) is 4. The molecule has 160 valence electrons. The van der Waals surface area contributed by atoms with Crippen molar-refractivity contribution in [3.05, 3.63) is 65.2 Å². The molecule has 0 aliphatic carbocycles. The van der Waals surface area contributed by atoms with Crippen LogP contribution in [0.2, 0.25) is 0 Å². The van der Waals surface area contributed by atoms with Gasteiger partial charge in [0.1, 0.15) is 6.04 Å². The second kappa shape index (κ2) is 9.37. The highest BCUT2D eigenvalue weighted by Crippen LogP contribution is 2.29. The maximum Gasteiger partial charge on any atom is 0.416 e. The predicted molar refractivity (Wildman–Crippen MR) is 97.7 cm³/mol. The van der Waals surface area contributed by atoms with E-state index in [0.717, 1.165) is 24.3 Å². The van der Waals surface area contributed by atoms with Crippen molar-refractivity contribution in [2.24, 2.45) is 5.73 Å². The van der Waals surface area contributed by atoms with E-state index < -0.39 is 41.7 Å². The van der Waals surface area contributed by atoms with Crippen LogP contribution in [0.15, 0.2) is 48.5 Å². The first-order valence-electron chi connectivity index (χ1n) is 8.39. The van der Waals surface area contributed by atoms with Crippen LogP contribution in [0.25, 0.3) is 0 Å². The normalized spacial score (nSPS) is 13.3. The third-order valence-corrected chi connectivity index (χ3v) is 3.94. The number of aliphatic carboxylic acids is 2. The maximum absolute atomic E-state index is 12.6. The van der Waals surface area contributed by atoms with E-state index in [0.29, 0.717) is 5.56 Å². The highest BCUT2D eigenvalue weighted by molar-refractivity contribution is 6.04. The Bertz CT molecular complexity index is 931. The summed E-state index contributed by atoms with van der Waals surface area (Å²) < 4.78 is 42.9. The van der Waals surface area contributed by atoms with Crippen molar-refractivity contribution in [3.8, 4) is 0 Å². The van der Waals surface area contributed by atoms with Gasteiger partial charge in [-0.25, -0.2) is 4.79 Å². The molecule has 0 heterocycles. The number of carboxylic acids is 2. The lowest BCUT2D eigenvalue weighted by atomic mass is 10.1. The Morgan fingerprint density at radius 1 is 1.03 bits per heavy atom. The number of nitrogens with two attached hydrogens (primary N) is 1. The smallest absolute Gasteiger partial charge is 0.416 e. The van der Waals surface area contributed by atoms with E-state index in [4.69, 9.17) is 20.7 Å². The zero-order valence-electron chi connectivity index (χ0n) is 15.2. The van der Waals surface area contributed by atoms with Crippen LogP contribution in [-0.4, -0.2) is 40.2 Å². The fourth-order valence-corrected chi connectivity index (χ4v) is 2.40.